The second-order valence-electron chi connectivity index (χ2n) is 5.58. The van der Waals surface area contributed by atoms with E-state index in [9.17, 15) is 13.2 Å². The van der Waals surface area contributed by atoms with E-state index in [2.05, 4.69) is 5.32 Å². The molecule has 2 rings (SSSR count). The summed E-state index contributed by atoms with van der Waals surface area (Å²) in [6.45, 7) is 2.61. The van der Waals surface area contributed by atoms with Crippen molar-refractivity contribution in [1.82, 2.24) is 0 Å². The number of esters is 1. The number of carbonyl (C=O) groups is 1. The number of para-hydroxylation sites is 1. The summed E-state index contributed by atoms with van der Waals surface area (Å²) in [7, 11) is -2.92. The van der Waals surface area contributed by atoms with Crippen LogP contribution in [0, 0.1) is 0 Å². The summed E-state index contributed by atoms with van der Waals surface area (Å²) in [4.78, 5) is 11.6. The highest BCUT2D eigenvalue weighted by Gasteiger charge is 2.23. The van der Waals surface area contributed by atoms with Crippen LogP contribution in [-0.2, 0) is 14.8 Å². The van der Waals surface area contributed by atoms with Gasteiger partial charge in [0.2, 0.25) is 10.0 Å². The number of nitrogens with two attached hydrogens (primary N) is 1. The predicted molar refractivity (Wildman–Crippen MR) is 99.1 cm³/mol. The third kappa shape index (κ3) is 4.96. The number of anilines is 1. The first-order chi connectivity index (χ1) is 12.4. The Labute approximate surface area is 153 Å². The molecule has 140 valence electrons. The molecule has 0 aliphatic carbocycles. The van der Waals surface area contributed by atoms with Gasteiger partial charge in [-0.1, -0.05) is 31.5 Å². The van der Waals surface area contributed by atoms with Crippen LogP contribution in [0.5, 0.6) is 11.5 Å². The van der Waals surface area contributed by atoms with E-state index in [0.29, 0.717) is 18.0 Å². The summed E-state index contributed by atoms with van der Waals surface area (Å²) in [6.07, 6.45) is 1.80. The largest absolute Gasteiger partial charge is 0.465 e. The second kappa shape index (κ2) is 8.68. The Balaban J connectivity index is 2.60. The summed E-state index contributed by atoms with van der Waals surface area (Å²) < 4.78 is 34.7. The van der Waals surface area contributed by atoms with Gasteiger partial charge >= 0.3 is 5.97 Å². The molecule has 7 nitrogen and oxygen atoms in total. The lowest BCUT2D eigenvalue weighted by Crippen LogP contribution is -2.16. The first-order valence-corrected chi connectivity index (χ1v) is 9.67. The van der Waals surface area contributed by atoms with E-state index in [4.69, 9.17) is 14.6 Å². The SMILES string of the molecule is CCCCNc1cc(C(=O)OC)cc(S(N)(=O)=O)c1Oc1ccccc1. The summed E-state index contributed by atoms with van der Waals surface area (Å²) in [5.41, 5.74) is 0.421. The summed E-state index contributed by atoms with van der Waals surface area (Å²) in [5.74, 6) is -0.177. The van der Waals surface area contributed by atoms with Gasteiger partial charge < -0.3 is 14.8 Å². The number of rotatable bonds is 8. The molecule has 2 aromatic rings. The molecule has 0 aliphatic rings. The molecule has 8 heteroatoms. The molecule has 0 atom stereocenters. The van der Waals surface area contributed by atoms with Crippen LogP contribution in [0.15, 0.2) is 47.4 Å². The van der Waals surface area contributed by atoms with E-state index >= 15 is 0 Å². The Kier molecular flexibility index (Phi) is 6.59. The molecule has 2 aromatic carbocycles. The molecule has 0 amide bonds. The van der Waals surface area contributed by atoms with Crippen molar-refractivity contribution in [3.63, 3.8) is 0 Å². The Morgan fingerprint density at radius 1 is 1.19 bits per heavy atom. The van der Waals surface area contributed by atoms with Crippen molar-refractivity contribution >= 4 is 21.7 Å². The average molecular weight is 378 g/mol. The van der Waals surface area contributed by atoms with Gasteiger partial charge in [0.25, 0.3) is 0 Å². The molecule has 3 N–H and O–H groups in total. The molecular weight excluding hydrogens is 356 g/mol. The highest BCUT2D eigenvalue weighted by molar-refractivity contribution is 7.89. The van der Waals surface area contributed by atoms with Gasteiger partial charge in [-0.2, -0.15) is 0 Å². The topological polar surface area (TPSA) is 108 Å². The smallest absolute Gasteiger partial charge is 0.337 e. The molecule has 0 saturated carbocycles. The van der Waals surface area contributed by atoms with E-state index < -0.39 is 16.0 Å². The van der Waals surface area contributed by atoms with Crippen molar-refractivity contribution in [2.24, 2.45) is 5.14 Å². The number of hydrogen-bond donors (Lipinski definition) is 2. The van der Waals surface area contributed by atoms with Crippen LogP contribution < -0.4 is 15.2 Å². The predicted octanol–water partition coefficient (Wildman–Crippen LogP) is 3.12. The summed E-state index contributed by atoms with van der Waals surface area (Å²) in [6, 6.07) is 11.4. The minimum absolute atomic E-state index is 0.0439. The van der Waals surface area contributed by atoms with Crippen LogP contribution in [0.4, 0.5) is 5.69 Å². The number of nitrogens with one attached hydrogen (secondary N) is 1. The third-order valence-electron chi connectivity index (χ3n) is 3.59. The zero-order chi connectivity index (χ0) is 19.2. The van der Waals surface area contributed by atoms with Gasteiger partial charge in [0, 0.05) is 6.54 Å². The second-order valence-corrected chi connectivity index (χ2v) is 7.11. The van der Waals surface area contributed by atoms with Gasteiger partial charge in [0.15, 0.2) is 5.75 Å². The van der Waals surface area contributed by atoms with E-state index in [-0.39, 0.29) is 16.2 Å². The first-order valence-electron chi connectivity index (χ1n) is 8.12. The lowest BCUT2D eigenvalue weighted by atomic mass is 10.1. The van der Waals surface area contributed by atoms with Crippen LogP contribution in [0.2, 0.25) is 0 Å². The minimum atomic E-state index is -4.14. The van der Waals surface area contributed by atoms with Gasteiger partial charge in [-0.05, 0) is 30.7 Å². The molecule has 0 unspecified atom stereocenters. The van der Waals surface area contributed by atoms with E-state index in [1.165, 1.54) is 13.2 Å². The van der Waals surface area contributed by atoms with Crippen LogP contribution in [0.1, 0.15) is 30.1 Å². The molecule has 0 spiro atoms. The van der Waals surface area contributed by atoms with E-state index in [0.717, 1.165) is 18.9 Å². The highest BCUT2D eigenvalue weighted by atomic mass is 32.2. The standard InChI is InChI=1S/C18H22N2O5S/c1-3-4-10-20-15-11-13(18(21)24-2)12-16(26(19,22)23)17(15)25-14-8-6-5-7-9-14/h5-9,11-12,20H,3-4,10H2,1-2H3,(H2,19,22,23). The van der Waals surface area contributed by atoms with Crippen molar-refractivity contribution in [1.29, 1.82) is 0 Å². The summed E-state index contributed by atoms with van der Waals surface area (Å²) >= 11 is 0. The Hall–Kier alpha value is -2.58. The maximum Gasteiger partial charge on any atom is 0.337 e. The lowest BCUT2D eigenvalue weighted by Gasteiger charge is -2.17. The van der Waals surface area contributed by atoms with Crippen LogP contribution in [-0.4, -0.2) is 28.0 Å². The Bertz CT molecular complexity index is 867. The summed E-state index contributed by atoms with van der Waals surface area (Å²) in [5, 5.41) is 8.47. The van der Waals surface area contributed by atoms with Crippen molar-refractivity contribution < 1.29 is 22.7 Å². The molecule has 0 saturated heterocycles. The highest BCUT2D eigenvalue weighted by Crippen LogP contribution is 2.37. The van der Waals surface area contributed by atoms with Gasteiger partial charge in [-0.25, -0.2) is 18.4 Å². The molecule has 0 heterocycles. The van der Waals surface area contributed by atoms with Crippen LogP contribution >= 0.6 is 0 Å². The van der Waals surface area contributed by atoms with Crippen LogP contribution in [0.25, 0.3) is 0 Å². The van der Waals surface area contributed by atoms with E-state index in [1.54, 1.807) is 24.3 Å². The fourth-order valence-electron chi connectivity index (χ4n) is 2.29. The third-order valence-corrected chi connectivity index (χ3v) is 4.51. The quantitative estimate of drug-likeness (QED) is 0.540. The molecule has 0 fully saturated rings. The molecule has 0 aromatic heterocycles. The number of carbonyl (C=O) groups excluding carboxylic acids is 1. The Morgan fingerprint density at radius 3 is 2.46 bits per heavy atom. The molecule has 26 heavy (non-hydrogen) atoms. The number of sulfonamides is 1. The van der Waals surface area contributed by atoms with E-state index in [1.807, 2.05) is 13.0 Å². The fourth-order valence-corrected chi connectivity index (χ4v) is 2.99. The maximum absolute atomic E-state index is 12.1. The monoisotopic (exact) mass is 378 g/mol. The van der Waals surface area contributed by atoms with Gasteiger partial charge in [0.1, 0.15) is 10.6 Å². The number of benzene rings is 2. The fraction of sp³-hybridized carbons (Fsp3) is 0.278. The van der Waals surface area contributed by atoms with Crippen molar-refractivity contribution in [3.05, 3.63) is 48.0 Å². The zero-order valence-electron chi connectivity index (χ0n) is 14.7. The molecule has 0 aliphatic heterocycles. The first kappa shape index (κ1) is 19.7. The normalized spacial score (nSPS) is 11.0. The van der Waals surface area contributed by atoms with Crippen molar-refractivity contribution in [3.8, 4) is 11.5 Å². The minimum Gasteiger partial charge on any atom is -0.465 e. The molecule has 0 radical (unpaired) electrons. The number of unbranched alkanes of at least 4 members (excludes halogenated alkanes) is 1. The number of methoxy groups -OCH3 is 1. The Morgan fingerprint density at radius 2 is 1.88 bits per heavy atom. The lowest BCUT2D eigenvalue weighted by molar-refractivity contribution is 0.0600. The van der Waals surface area contributed by atoms with Crippen molar-refractivity contribution in [2.45, 2.75) is 24.7 Å². The zero-order valence-corrected chi connectivity index (χ0v) is 15.5. The number of hydrogen-bond acceptors (Lipinski definition) is 6. The van der Waals surface area contributed by atoms with Gasteiger partial charge in [-0.15, -0.1) is 0 Å². The average Bonchev–Trinajstić information content (AvgIpc) is 2.62. The molecular formula is C18H22N2O5S. The number of primary sulfonamides is 1. The molecule has 0 bridgehead atoms. The number of ether oxygens (including phenoxy) is 2. The van der Waals surface area contributed by atoms with Gasteiger partial charge in [0.05, 0.1) is 18.4 Å². The maximum atomic E-state index is 12.1. The van der Waals surface area contributed by atoms with Crippen molar-refractivity contribution in [2.75, 3.05) is 19.0 Å². The van der Waals surface area contributed by atoms with Crippen LogP contribution in [0.3, 0.4) is 0 Å². The van der Waals surface area contributed by atoms with Gasteiger partial charge in [-0.3, -0.25) is 0 Å².